The molecular formula is C93H88N8O19S4. The van der Waals surface area contributed by atoms with E-state index in [9.17, 15) is 52.8 Å². The van der Waals surface area contributed by atoms with E-state index >= 15 is 0 Å². The first-order valence-electron chi connectivity index (χ1n) is 38.0. The number of carbonyl (C=O) groups excluding carboxylic acids is 4. The number of ether oxygens (including phenoxy) is 4. The number of nitrogens with one attached hydrogen (secondary N) is 4. The number of benzene rings is 8. The molecule has 8 atom stereocenters. The van der Waals surface area contributed by atoms with E-state index in [-0.39, 0.29) is 31.1 Å². The molecule has 638 valence electrons. The fraction of sp³-hybridized carbons (Fsp3) is 0.140. The van der Waals surface area contributed by atoms with E-state index in [0.717, 1.165) is 7.11 Å². The van der Waals surface area contributed by atoms with Crippen LogP contribution in [0.25, 0.3) is 0 Å². The van der Waals surface area contributed by atoms with Gasteiger partial charge in [-0.1, -0.05) is 267 Å². The first-order valence-corrected chi connectivity index (χ1v) is 43.9. The summed E-state index contributed by atoms with van der Waals surface area (Å²) >= 11 is 0. The molecule has 0 unspecified atom stereocenters. The highest BCUT2D eigenvalue weighted by molar-refractivity contribution is 7.90. The molecule has 0 spiro atoms. The summed E-state index contributed by atoms with van der Waals surface area (Å²) in [6.45, 7) is 6.62. The van der Waals surface area contributed by atoms with Gasteiger partial charge in [-0.25, -0.2) is 72.8 Å². The summed E-state index contributed by atoms with van der Waals surface area (Å²) < 4.78 is 140. The van der Waals surface area contributed by atoms with E-state index in [4.69, 9.17) is 24.1 Å². The smallest absolute Gasteiger partial charge is 0.334 e. The molecule has 4 aliphatic heterocycles. The molecule has 8 aromatic carbocycles. The average Bonchev–Trinajstić information content (AvgIpc) is 1.59. The minimum Gasteiger partial charge on any atom is -0.444 e. The Morgan fingerprint density at radius 3 is 0.540 bits per heavy atom. The Bertz CT molecular complexity index is 5500. The van der Waals surface area contributed by atoms with E-state index in [1.165, 1.54) is 49.1 Å². The second-order valence-corrected chi connectivity index (χ2v) is 34.7. The first kappa shape index (κ1) is 93.0. The lowest BCUT2D eigenvalue weighted by Gasteiger charge is -2.36. The molecule has 0 radical (unpaired) electrons. The number of hydrogen-bond donors (Lipinski definition) is 5. The number of aromatic nitrogens is 4. The molecule has 0 aliphatic carbocycles. The molecule has 8 heterocycles. The largest absolute Gasteiger partial charge is 0.444 e. The van der Waals surface area contributed by atoms with Gasteiger partial charge < -0.3 is 35.0 Å². The summed E-state index contributed by atoms with van der Waals surface area (Å²) in [4.78, 5) is 65.7. The number of hydrogen-bond acceptors (Lipinski definition) is 21. The van der Waals surface area contributed by atoms with Crippen LogP contribution in [0.15, 0.2) is 407 Å². The van der Waals surface area contributed by atoms with Crippen LogP contribution < -0.4 is 18.9 Å². The highest BCUT2D eigenvalue weighted by Crippen LogP contribution is 2.50. The van der Waals surface area contributed by atoms with Gasteiger partial charge in [0.15, 0.2) is 42.5 Å². The molecule has 0 saturated heterocycles. The normalized spacial score (nSPS) is 19.2. The van der Waals surface area contributed by atoms with Gasteiger partial charge in [-0.3, -0.25) is 0 Å². The minimum absolute atomic E-state index is 0. The molecule has 124 heavy (non-hydrogen) atoms. The van der Waals surface area contributed by atoms with Gasteiger partial charge in [-0.15, -0.1) is 0 Å². The lowest BCUT2D eigenvalue weighted by molar-refractivity contribution is -0.150. The van der Waals surface area contributed by atoms with Gasteiger partial charge in [0.05, 0.1) is 24.2 Å². The van der Waals surface area contributed by atoms with Gasteiger partial charge in [0.1, 0.15) is 0 Å². The van der Waals surface area contributed by atoms with Crippen LogP contribution in [0.5, 0.6) is 0 Å². The summed E-state index contributed by atoms with van der Waals surface area (Å²) in [6, 6.07) is 87.7. The third-order valence-electron chi connectivity index (χ3n) is 19.9. The van der Waals surface area contributed by atoms with Crippen LogP contribution in [0.3, 0.4) is 0 Å². The van der Waals surface area contributed by atoms with Crippen LogP contribution in [0.4, 0.5) is 0 Å². The molecule has 27 nitrogen and oxygen atoms in total. The molecule has 0 fully saturated rings. The van der Waals surface area contributed by atoms with E-state index in [1.54, 1.807) is 149 Å². The summed E-state index contributed by atoms with van der Waals surface area (Å²) in [5.74, 6) is -1.96. The Morgan fingerprint density at radius 2 is 0.403 bits per heavy atom. The quantitative estimate of drug-likeness (QED) is 0.0277. The first-order chi connectivity index (χ1) is 58.7. The minimum atomic E-state index is -4.01. The molecular weight excluding hydrogens is 1660 g/mol. The van der Waals surface area contributed by atoms with Crippen molar-refractivity contribution in [3.63, 3.8) is 0 Å². The maximum absolute atomic E-state index is 13.2. The third kappa shape index (κ3) is 20.7. The van der Waals surface area contributed by atoms with Crippen molar-refractivity contribution in [3.8, 4) is 0 Å². The van der Waals surface area contributed by atoms with Crippen LogP contribution in [0.1, 0.15) is 96.4 Å². The zero-order valence-electron chi connectivity index (χ0n) is 67.4. The van der Waals surface area contributed by atoms with Crippen molar-refractivity contribution in [3.05, 3.63) is 431 Å². The maximum Gasteiger partial charge on any atom is 0.334 e. The third-order valence-corrected chi connectivity index (χ3v) is 25.3. The Hall–Kier alpha value is -13.3. The maximum atomic E-state index is 13.2. The zero-order valence-corrected chi connectivity index (χ0v) is 70.6. The highest BCUT2D eigenvalue weighted by atomic mass is 32.2. The van der Waals surface area contributed by atoms with E-state index < -0.39 is 111 Å². The zero-order chi connectivity index (χ0) is 86.8. The summed E-state index contributed by atoms with van der Waals surface area (Å²) in [5.41, 5.74) is 1.54. The van der Waals surface area contributed by atoms with Crippen molar-refractivity contribution in [2.75, 3.05) is 7.11 Å². The van der Waals surface area contributed by atoms with Crippen molar-refractivity contribution in [2.45, 2.75) is 94.4 Å². The lowest BCUT2D eigenvalue weighted by atomic mass is 9.82. The number of pyridine rings is 4. The summed E-state index contributed by atoms with van der Waals surface area (Å²) in [7, 11) is -15.0. The number of cyclic esters (lactones) is 4. The van der Waals surface area contributed by atoms with Crippen molar-refractivity contribution in [1.29, 1.82) is 0 Å². The molecule has 0 bridgehead atoms. The van der Waals surface area contributed by atoms with Crippen LogP contribution in [0.2, 0.25) is 0 Å². The Kier molecular flexibility index (Phi) is 30.5. The number of sulfonamides is 4. The predicted octanol–water partition coefficient (Wildman–Crippen LogP) is 12.0. The van der Waals surface area contributed by atoms with Gasteiger partial charge >= 0.3 is 23.9 Å². The fourth-order valence-electron chi connectivity index (χ4n) is 14.3. The van der Waals surface area contributed by atoms with E-state index in [0.29, 0.717) is 66.8 Å². The molecule has 9 N–H and O–H groups in total. The Morgan fingerprint density at radius 1 is 0.250 bits per heavy atom. The van der Waals surface area contributed by atoms with Gasteiger partial charge in [0.2, 0.25) is 0 Å². The van der Waals surface area contributed by atoms with Crippen molar-refractivity contribution in [1.82, 2.24) is 38.8 Å². The standard InChI is InChI=1S/4C23H20N2O4S.CH4O.2H2O/c4*1-17-16-23(29-22(17)26,19-12-6-3-7-13-19)21(18-10-4-2-5-11-18)25-30(27,28)20-14-8-9-15-24-20;1-2;;/h4*2-16,21,25H,1H3;2H,1H3;2*1H2/t4*21-,23-;;;/m0000.../s1. The molecule has 4 aliphatic rings. The summed E-state index contributed by atoms with van der Waals surface area (Å²) in [5, 5.41) is 6.55. The number of rotatable bonds is 24. The van der Waals surface area contributed by atoms with Crippen molar-refractivity contribution >= 4 is 64.0 Å². The van der Waals surface area contributed by atoms with Gasteiger partial charge in [0, 0.05) is 76.4 Å². The number of esters is 4. The topological polar surface area (TPSA) is 425 Å². The second-order valence-electron chi connectivity index (χ2n) is 28.0. The number of nitrogens with zero attached hydrogens (tertiary/aromatic N) is 4. The van der Waals surface area contributed by atoms with Crippen LogP contribution in [-0.4, -0.2) is 101 Å². The van der Waals surface area contributed by atoms with Gasteiger partial charge in [-0.2, -0.15) is 18.9 Å². The van der Waals surface area contributed by atoms with Crippen LogP contribution in [0, 0.1) is 0 Å². The van der Waals surface area contributed by atoms with Crippen molar-refractivity contribution < 1.29 is 87.9 Å². The SMILES string of the molecule is CC1=C[C@](c2ccccc2)([C@@H](NS(=O)(=O)c2ccccn2)c2ccccc2)OC1=O.CC1=C[C@](c2ccccc2)([C@@H](NS(=O)(=O)c2ccccn2)c2ccccc2)OC1=O.CC1=C[C@](c2ccccc2)([C@@H](NS(=O)(=O)c2ccccn2)c2ccccc2)OC1=O.CC1=C[C@](c2ccccc2)([C@@H](NS(=O)(=O)c2ccccn2)c2ccccc2)OC1=O.CO.O.O. The predicted molar refractivity (Wildman–Crippen MR) is 462 cm³/mol. The lowest BCUT2D eigenvalue weighted by Crippen LogP contribution is -2.44. The summed E-state index contributed by atoms with van der Waals surface area (Å²) in [6.07, 6.45) is 12.4. The molecule has 12 aromatic rings. The number of aliphatic hydroxyl groups is 1. The highest BCUT2D eigenvalue weighted by Gasteiger charge is 2.54. The number of carbonyl (C=O) groups is 4. The van der Waals surface area contributed by atoms with E-state index in [2.05, 4.69) is 38.8 Å². The fourth-order valence-corrected chi connectivity index (χ4v) is 19.1. The molecule has 0 saturated carbocycles. The van der Waals surface area contributed by atoms with Crippen LogP contribution in [-0.2, 0) is 101 Å². The average molecular weight is 1750 g/mol. The Balaban J connectivity index is 0.000000171. The van der Waals surface area contributed by atoms with Crippen molar-refractivity contribution in [2.24, 2.45) is 0 Å². The monoisotopic (exact) mass is 1750 g/mol. The number of aliphatic hydroxyl groups excluding tert-OH is 1. The van der Waals surface area contributed by atoms with E-state index in [1.807, 2.05) is 194 Å². The Labute approximate surface area is 718 Å². The molecule has 31 heteroatoms. The van der Waals surface area contributed by atoms with Gasteiger partial charge in [0.25, 0.3) is 40.1 Å². The second kappa shape index (κ2) is 40.6. The van der Waals surface area contributed by atoms with Gasteiger partial charge in [-0.05, 0) is 123 Å². The molecule has 16 rings (SSSR count). The molecule has 4 aromatic heterocycles. The van der Waals surface area contributed by atoms with Crippen LogP contribution >= 0.6 is 0 Å². The molecule has 0 amide bonds.